The smallest absolute Gasteiger partial charge is 4.00 e. The maximum absolute atomic E-state index is 3.72. The van der Waals surface area contributed by atoms with Crippen LogP contribution in [0.3, 0.4) is 0 Å². The van der Waals surface area contributed by atoms with Crippen molar-refractivity contribution in [3.05, 3.63) is 150 Å². The zero-order chi connectivity index (χ0) is 22.2. The molecule has 3 aromatic rings. The Balaban J connectivity index is 0.000000385. The number of rotatable bonds is 1. The van der Waals surface area contributed by atoms with E-state index in [-0.39, 0.29) is 26.2 Å². The first-order chi connectivity index (χ1) is 14.3. The van der Waals surface area contributed by atoms with Crippen molar-refractivity contribution in [3.8, 4) is 0 Å². The zero-order valence-corrected chi connectivity index (χ0v) is 24.5. The molecule has 2 heteroatoms. The van der Waals surface area contributed by atoms with Crippen LogP contribution < -0.4 is 0 Å². The van der Waals surface area contributed by atoms with Gasteiger partial charge in [-0.05, 0) is 0 Å². The van der Waals surface area contributed by atoms with E-state index < -0.39 is 18.4 Å². The monoisotopic (exact) mass is 592 g/mol. The molecule has 1 aliphatic carbocycles. The van der Waals surface area contributed by atoms with Crippen LogP contribution in [0, 0.1) is 26.8 Å². The van der Waals surface area contributed by atoms with Crippen LogP contribution in [0.4, 0.5) is 0 Å². The largest absolute Gasteiger partial charge is 4.00 e. The number of allylic oxidation sites excluding steroid dienone is 4. The molecule has 0 radical (unpaired) electrons. The third-order valence-electron chi connectivity index (χ3n) is 4.03. The first-order valence-electron chi connectivity index (χ1n) is 10.2. The van der Waals surface area contributed by atoms with E-state index in [9.17, 15) is 0 Å². The summed E-state index contributed by atoms with van der Waals surface area (Å²) in [4.78, 5) is 7.27. The average molecular weight is 593 g/mol. The Hall–Kier alpha value is -1.57. The van der Waals surface area contributed by atoms with Crippen LogP contribution in [0.15, 0.2) is 107 Å². The summed E-state index contributed by atoms with van der Waals surface area (Å²) in [5.74, 6) is 0. The van der Waals surface area contributed by atoms with Crippen molar-refractivity contribution in [2.75, 3.05) is 0 Å². The van der Waals surface area contributed by atoms with Crippen LogP contribution >= 0.6 is 0 Å². The van der Waals surface area contributed by atoms with Crippen LogP contribution in [-0.4, -0.2) is 18.4 Å². The second-order valence-electron chi connectivity index (χ2n) is 7.90. The summed E-state index contributed by atoms with van der Waals surface area (Å²) in [6.45, 7) is 11.2. The van der Waals surface area contributed by atoms with Gasteiger partial charge in [0.2, 0.25) is 0 Å². The summed E-state index contributed by atoms with van der Waals surface area (Å²) in [7, 11) is 0. The second-order valence-corrected chi connectivity index (χ2v) is 22.3. The molecule has 0 bridgehead atoms. The van der Waals surface area contributed by atoms with Crippen molar-refractivity contribution in [3.63, 3.8) is 0 Å². The van der Waals surface area contributed by atoms with Gasteiger partial charge in [0, 0.05) is 0 Å². The van der Waals surface area contributed by atoms with Gasteiger partial charge in [-0.1, -0.05) is 18.2 Å². The standard InChI is InChI=1S/3C7H7.C5H4.3CH3.Sn.Zr/c3*1-7-5-3-2-4-6-7;1-2-4-5-3-1;;;;;/h3*2-6H,1H2;1-2H,3H2;3*1H3;;/q4*-1;;;;;+4. The van der Waals surface area contributed by atoms with Crippen molar-refractivity contribution >= 4 is 18.4 Å². The molecule has 158 valence electrons. The van der Waals surface area contributed by atoms with E-state index in [1.165, 1.54) is 0 Å². The number of hydrogen-bond donors (Lipinski definition) is 0. The maximum Gasteiger partial charge on any atom is 4.00 e. The summed E-state index contributed by atoms with van der Waals surface area (Å²) in [5.41, 5.74) is 3.22. The molecule has 0 N–H and O–H groups in total. The fourth-order valence-electron chi connectivity index (χ4n) is 2.35. The molecule has 0 nitrogen and oxygen atoms in total. The Morgan fingerprint density at radius 1 is 0.613 bits per heavy atom. The van der Waals surface area contributed by atoms with Gasteiger partial charge in [0.05, 0.1) is 0 Å². The molecule has 3 aromatic carbocycles. The molecule has 0 atom stereocenters. The first-order valence-corrected chi connectivity index (χ1v) is 20.2. The van der Waals surface area contributed by atoms with E-state index in [0.29, 0.717) is 0 Å². The maximum atomic E-state index is 3.72. The molecule has 31 heavy (non-hydrogen) atoms. The summed E-state index contributed by atoms with van der Waals surface area (Å²) in [5, 5.41) is 0. The molecule has 4 rings (SSSR count). The summed E-state index contributed by atoms with van der Waals surface area (Å²) < 4.78 is 1.56. The fourth-order valence-corrected chi connectivity index (χ4v) is 5.92. The Morgan fingerprint density at radius 2 is 0.935 bits per heavy atom. The Labute approximate surface area is 214 Å². The van der Waals surface area contributed by atoms with Gasteiger partial charge in [0.25, 0.3) is 0 Å². The van der Waals surface area contributed by atoms with Crippen molar-refractivity contribution in [2.45, 2.75) is 21.2 Å². The molecule has 0 spiro atoms. The number of hydrogen-bond acceptors (Lipinski definition) is 0. The van der Waals surface area contributed by atoms with Gasteiger partial charge >= 0.3 is 87.6 Å². The first kappa shape index (κ1) is 29.4. The van der Waals surface area contributed by atoms with Gasteiger partial charge in [-0.3, -0.25) is 0 Å². The fraction of sp³-hybridized carbons (Fsp3) is 0.138. The molecule has 0 unspecified atom stereocenters. The summed E-state index contributed by atoms with van der Waals surface area (Å²) >= 11 is -1.67. The van der Waals surface area contributed by atoms with Crippen molar-refractivity contribution in [1.82, 2.24) is 0 Å². The average Bonchev–Trinajstić information content (AvgIpc) is 3.27. The SMILES string of the molecule is [CH2-]c1ccccc1.[CH2-]c1ccccc1.[CH2-]c1ccccc1.[CH3][Sn]([CH3])([CH3])[C]1=[C-]CC=C1.[Zr+4]. The molecule has 0 saturated carbocycles. The van der Waals surface area contributed by atoms with Gasteiger partial charge < -0.3 is 0 Å². The van der Waals surface area contributed by atoms with Crippen LogP contribution in [0.1, 0.15) is 23.1 Å². The zero-order valence-electron chi connectivity index (χ0n) is 19.1. The summed E-state index contributed by atoms with van der Waals surface area (Å²) in [6.07, 6.45) is 8.92. The van der Waals surface area contributed by atoms with E-state index in [1.807, 2.05) is 91.0 Å². The third-order valence-corrected chi connectivity index (χ3v) is 9.62. The van der Waals surface area contributed by atoms with E-state index in [2.05, 4.69) is 53.8 Å². The topological polar surface area (TPSA) is 0 Å². The molecule has 1 aliphatic rings. The van der Waals surface area contributed by atoms with Crippen LogP contribution in [0.5, 0.6) is 0 Å². The van der Waals surface area contributed by atoms with E-state index in [4.69, 9.17) is 0 Å². The van der Waals surface area contributed by atoms with Gasteiger partial charge in [0.1, 0.15) is 0 Å². The predicted octanol–water partition coefficient (Wildman–Crippen LogP) is 8.16. The minimum absolute atomic E-state index is 0. The Morgan fingerprint density at radius 3 is 1.06 bits per heavy atom. The Kier molecular flexibility index (Phi) is 16.2. The molecule has 0 aliphatic heterocycles. The molecule has 0 fully saturated rings. The quantitative estimate of drug-likeness (QED) is 0.198. The Bertz CT molecular complexity index is 772. The molecular formula is C29H34SnZr. The minimum atomic E-state index is -1.67. The third kappa shape index (κ3) is 15.8. The molecule has 0 saturated heterocycles. The molecular weight excluding hydrogens is 558 g/mol. The van der Waals surface area contributed by atoms with Crippen molar-refractivity contribution in [1.29, 1.82) is 0 Å². The normalized spacial score (nSPS) is 11.1. The summed E-state index contributed by atoms with van der Waals surface area (Å²) in [6, 6.07) is 29.6. The van der Waals surface area contributed by atoms with E-state index >= 15 is 0 Å². The van der Waals surface area contributed by atoms with Crippen LogP contribution in [0.2, 0.25) is 14.8 Å². The van der Waals surface area contributed by atoms with E-state index in [1.54, 1.807) is 3.59 Å². The van der Waals surface area contributed by atoms with Gasteiger partial charge in [0.15, 0.2) is 0 Å². The minimum Gasteiger partial charge on any atom is 4.00 e. The van der Waals surface area contributed by atoms with Gasteiger partial charge in [-0.15, -0.1) is 36.4 Å². The van der Waals surface area contributed by atoms with Gasteiger partial charge in [-0.25, -0.2) is 0 Å². The van der Waals surface area contributed by atoms with Crippen LogP contribution in [-0.2, 0) is 26.2 Å². The van der Waals surface area contributed by atoms with Gasteiger partial charge in [-0.2, -0.15) is 73.9 Å². The van der Waals surface area contributed by atoms with Crippen molar-refractivity contribution in [2.24, 2.45) is 0 Å². The second kappa shape index (κ2) is 17.0. The van der Waals surface area contributed by atoms with Crippen molar-refractivity contribution < 1.29 is 26.2 Å². The number of benzene rings is 3. The molecule has 0 amide bonds. The molecule has 0 heterocycles. The molecule has 0 aromatic heterocycles. The van der Waals surface area contributed by atoms with Crippen LogP contribution in [0.25, 0.3) is 0 Å². The predicted molar refractivity (Wildman–Crippen MR) is 137 cm³/mol. The van der Waals surface area contributed by atoms with E-state index in [0.717, 1.165) is 23.1 Å².